The van der Waals surface area contributed by atoms with Crippen molar-refractivity contribution in [2.24, 2.45) is 5.92 Å². The van der Waals surface area contributed by atoms with E-state index in [1.165, 1.54) is 25.1 Å². The van der Waals surface area contributed by atoms with Crippen molar-refractivity contribution in [2.75, 3.05) is 36.9 Å². The number of fused-ring (bicyclic) bond motifs is 1. The summed E-state index contributed by atoms with van der Waals surface area (Å²) in [5.41, 5.74) is 1.22. The fourth-order valence-corrected chi connectivity index (χ4v) is 3.77. The molecular formula is C16H21N7. The van der Waals surface area contributed by atoms with Gasteiger partial charge in [0.25, 0.3) is 0 Å². The van der Waals surface area contributed by atoms with Crippen LogP contribution in [0.3, 0.4) is 0 Å². The first-order valence-corrected chi connectivity index (χ1v) is 8.37. The van der Waals surface area contributed by atoms with Crippen molar-refractivity contribution in [3.8, 4) is 0 Å². The Balaban J connectivity index is 1.31. The van der Waals surface area contributed by atoms with Gasteiger partial charge < -0.3 is 15.1 Å². The molecular weight excluding hydrogens is 290 g/mol. The van der Waals surface area contributed by atoms with Gasteiger partial charge in [0.1, 0.15) is 5.82 Å². The maximum atomic E-state index is 4.67. The van der Waals surface area contributed by atoms with E-state index >= 15 is 0 Å². The molecule has 7 heteroatoms. The molecule has 4 heterocycles. The van der Waals surface area contributed by atoms with E-state index < -0.39 is 0 Å². The summed E-state index contributed by atoms with van der Waals surface area (Å²) in [5.74, 6) is 3.90. The summed E-state index contributed by atoms with van der Waals surface area (Å²) >= 11 is 0. The molecule has 120 valence electrons. The minimum Gasteiger partial charge on any atom is -0.339 e. The third kappa shape index (κ3) is 2.35. The van der Waals surface area contributed by atoms with Crippen LogP contribution in [0.2, 0.25) is 0 Å². The van der Waals surface area contributed by atoms with Crippen LogP contribution in [-0.4, -0.2) is 57.8 Å². The quantitative estimate of drug-likeness (QED) is 0.893. The van der Waals surface area contributed by atoms with Gasteiger partial charge in [0.2, 0.25) is 5.95 Å². The second-order valence-corrected chi connectivity index (χ2v) is 7.02. The third-order valence-electron chi connectivity index (χ3n) is 5.29. The highest BCUT2D eigenvalue weighted by Crippen LogP contribution is 2.39. The molecule has 5 rings (SSSR count). The number of hydrogen-bond acceptors (Lipinski definition) is 6. The zero-order chi connectivity index (χ0) is 15.4. The molecule has 1 unspecified atom stereocenters. The van der Waals surface area contributed by atoms with E-state index in [2.05, 4.69) is 48.4 Å². The molecule has 3 aliphatic rings. The van der Waals surface area contributed by atoms with Crippen molar-refractivity contribution in [1.82, 2.24) is 25.1 Å². The number of rotatable bonds is 4. The van der Waals surface area contributed by atoms with Crippen molar-refractivity contribution in [3.63, 3.8) is 0 Å². The van der Waals surface area contributed by atoms with Gasteiger partial charge in [0, 0.05) is 55.5 Å². The SMILES string of the molecule is CN1C[C@@H]2CN(c3nccc(Nc4cc(C5CC5)[nH]n4)n3)CC21. The Bertz CT molecular complexity index is 723. The van der Waals surface area contributed by atoms with Crippen LogP contribution in [0.25, 0.3) is 0 Å². The molecule has 0 radical (unpaired) electrons. The molecule has 1 saturated carbocycles. The lowest BCUT2D eigenvalue weighted by Gasteiger charge is -2.40. The summed E-state index contributed by atoms with van der Waals surface area (Å²) in [6.45, 7) is 3.28. The molecule has 0 spiro atoms. The van der Waals surface area contributed by atoms with Gasteiger partial charge in [0.15, 0.2) is 5.82 Å². The van der Waals surface area contributed by atoms with Gasteiger partial charge in [-0.1, -0.05) is 0 Å². The number of likely N-dealkylation sites (N-methyl/N-ethyl adjacent to an activating group) is 1. The first kappa shape index (κ1) is 13.3. The van der Waals surface area contributed by atoms with Crippen molar-refractivity contribution < 1.29 is 0 Å². The number of H-pyrrole nitrogens is 1. The van der Waals surface area contributed by atoms with E-state index in [0.29, 0.717) is 12.0 Å². The molecule has 2 saturated heterocycles. The van der Waals surface area contributed by atoms with Gasteiger partial charge in [-0.25, -0.2) is 4.98 Å². The van der Waals surface area contributed by atoms with Crippen LogP contribution in [0.15, 0.2) is 18.3 Å². The Morgan fingerprint density at radius 2 is 2.13 bits per heavy atom. The zero-order valence-corrected chi connectivity index (χ0v) is 13.2. The monoisotopic (exact) mass is 311 g/mol. The normalized spacial score (nSPS) is 26.9. The zero-order valence-electron chi connectivity index (χ0n) is 13.2. The van der Waals surface area contributed by atoms with Crippen LogP contribution in [0.4, 0.5) is 17.6 Å². The van der Waals surface area contributed by atoms with Crippen LogP contribution >= 0.6 is 0 Å². The maximum Gasteiger partial charge on any atom is 0.227 e. The molecule has 2 aliphatic heterocycles. The van der Waals surface area contributed by atoms with E-state index in [0.717, 1.165) is 36.6 Å². The number of aromatic amines is 1. The predicted octanol–water partition coefficient (Wildman–Crippen LogP) is 1.57. The molecule has 2 N–H and O–H groups in total. The van der Waals surface area contributed by atoms with Crippen LogP contribution in [-0.2, 0) is 0 Å². The number of hydrogen-bond donors (Lipinski definition) is 2. The number of nitrogens with one attached hydrogen (secondary N) is 2. The third-order valence-corrected chi connectivity index (χ3v) is 5.29. The van der Waals surface area contributed by atoms with Crippen molar-refractivity contribution in [2.45, 2.75) is 24.8 Å². The van der Waals surface area contributed by atoms with Crippen LogP contribution in [0.1, 0.15) is 24.5 Å². The van der Waals surface area contributed by atoms with E-state index in [9.17, 15) is 0 Å². The Kier molecular flexibility index (Phi) is 2.85. The number of aromatic nitrogens is 4. The standard InChI is InChI=1S/C16H21N7/c1-22-7-11-8-23(9-13(11)22)16-17-5-4-14(19-16)18-15-6-12(20-21-15)10-2-3-10/h4-6,10-11,13H,2-3,7-9H2,1H3,(H2,17,18,19,20,21)/t11-,13?/m1/s1. The van der Waals surface area contributed by atoms with Gasteiger partial charge in [-0.2, -0.15) is 10.1 Å². The van der Waals surface area contributed by atoms with Crippen molar-refractivity contribution in [1.29, 1.82) is 0 Å². The van der Waals surface area contributed by atoms with Crippen LogP contribution < -0.4 is 10.2 Å². The summed E-state index contributed by atoms with van der Waals surface area (Å²) in [4.78, 5) is 13.8. The molecule has 0 aromatic carbocycles. The van der Waals surface area contributed by atoms with Crippen LogP contribution in [0, 0.1) is 5.92 Å². The lowest BCUT2D eigenvalue weighted by molar-refractivity contribution is 0.0827. The second kappa shape index (κ2) is 4.92. The molecule has 23 heavy (non-hydrogen) atoms. The Labute approximate surface area is 135 Å². The van der Waals surface area contributed by atoms with Gasteiger partial charge in [-0.3, -0.25) is 5.10 Å². The Morgan fingerprint density at radius 3 is 2.91 bits per heavy atom. The van der Waals surface area contributed by atoms with Gasteiger partial charge in [0.05, 0.1) is 0 Å². The fraction of sp³-hybridized carbons (Fsp3) is 0.562. The first-order chi connectivity index (χ1) is 11.3. The molecule has 0 amide bonds. The highest BCUT2D eigenvalue weighted by atomic mass is 15.4. The average Bonchev–Trinajstić information content (AvgIpc) is 3.20. The maximum absolute atomic E-state index is 4.67. The van der Waals surface area contributed by atoms with Crippen LogP contribution in [0.5, 0.6) is 0 Å². The fourth-order valence-electron chi connectivity index (χ4n) is 3.77. The lowest BCUT2D eigenvalue weighted by atomic mass is 9.93. The number of likely N-dealkylation sites (tertiary alicyclic amines) is 1. The van der Waals surface area contributed by atoms with Gasteiger partial charge in [-0.05, 0) is 26.0 Å². The largest absolute Gasteiger partial charge is 0.339 e. The number of anilines is 3. The minimum atomic E-state index is 0.669. The smallest absolute Gasteiger partial charge is 0.227 e. The average molecular weight is 311 g/mol. The summed E-state index contributed by atoms with van der Waals surface area (Å²) in [6, 6.07) is 4.65. The van der Waals surface area contributed by atoms with E-state index in [4.69, 9.17) is 0 Å². The highest BCUT2D eigenvalue weighted by Gasteiger charge is 2.44. The van der Waals surface area contributed by atoms with E-state index in [1.54, 1.807) is 0 Å². The van der Waals surface area contributed by atoms with Crippen molar-refractivity contribution >= 4 is 17.6 Å². The summed E-state index contributed by atoms with van der Waals surface area (Å²) in [7, 11) is 2.19. The molecule has 0 bridgehead atoms. The molecule has 7 nitrogen and oxygen atoms in total. The van der Waals surface area contributed by atoms with Gasteiger partial charge >= 0.3 is 0 Å². The predicted molar refractivity (Wildman–Crippen MR) is 88.0 cm³/mol. The number of nitrogens with zero attached hydrogens (tertiary/aromatic N) is 5. The summed E-state index contributed by atoms with van der Waals surface area (Å²) in [5, 5.41) is 10.7. The lowest BCUT2D eigenvalue weighted by Crippen LogP contribution is -2.52. The molecule has 2 aromatic heterocycles. The highest BCUT2D eigenvalue weighted by molar-refractivity contribution is 5.54. The molecule has 2 atom stereocenters. The van der Waals surface area contributed by atoms with E-state index in [1.807, 2.05) is 12.3 Å². The van der Waals surface area contributed by atoms with Gasteiger partial charge in [-0.15, -0.1) is 0 Å². The Hall–Kier alpha value is -2.15. The molecule has 1 aliphatic carbocycles. The van der Waals surface area contributed by atoms with Crippen molar-refractivity contribution in [3.05, 3.63) is 24.0 Å². The summed E-state index contributed by atoms with van der Waals surface area (Å²) in [6.07, 6.45) is 4.36. The summed E-state index contributed by atoms with van der Waals surface area (Å²) < 4.78 is 0. The first-order valence-electron chi connectivity index (χ1n) is 8.37. The molecule has 3 fully saturated rings. The Morgan fingerprint density at radius 1 is 1.22 bits per heavy atom. The topological polar surface area (TPSA) is 73.0 Å². The molecule has 2 aromatic rings. The van der Waals surface area contributed by atoms with E-state index in [-0.39, 0.29) is 0 Å². The minimum absolute atomic E-state index is 0.669. The second-order valence-electron chi connectivity index (χ2n) is 7.02.